The van der Waals surface area contributed by atoms with Crippen LogP contribution in [0.25, 0.3) is 0 Å². The molecule has 5 nitrogen and oxygen atoms in total. The number of sulfonamides is 1. The van der Waals surface area contributed by atoms with Gasteiger partial charge >= 0.3 is 0 Å². The van der Waals surface area contributed by atoms with Gasteiger partial charge in [-0.3, -0.25) is 0 Å². The summed E-state index contributed by atoms with van der Waals surface area (Å²) in [6.07, 6.45) is -2.56. The summed E-state index contributed by atoms with van der Waals surface area (Å²) >= 11 is 0. The Labute approximate surface area is 104 Å². The topological polar surface area (TPSA) is 81.4 Å². The number of nitrogens with one attached hydrogen (secondary N) is 1. The fourth-order valence-electron chi connectivity index (χ4n) is 1.22. The number of nitrogens with two attached hydrogens (primary N) is 1. The summed E-state index contributed by atoms with van der Waals surface area (Å²) in [5.41, 5.74) is 5.65. The highest BCUT2D eigenvalue weighted by Crippen LogP contribution is 2.16. The van der Waals surface area contributed by atoms with Crippen LogP contribution in [0, 0.1) is 0 Å². The van der Waals surface area contributed by atoms with Crippen molar-refractivity contribution in [2.45, 2.75) is 11.3 Å². The van der Waals surface area contributed by atoms with Crippen LogP contribution in [0.5, 0.6) is 0 Å². The van der Waals surface area contributed by atoms with Crippen molar-refractivity contribution in [2.75, 3.05) is 25.5 Å². The van der Waals surface area contributed by atoms with Gasteiger partial charge < -0.3 is 10.5 Å². The van der Waals surface area contributed by atoms with Gasteiger partial charge in [0.2, 0.25) is 10.0 Å². The smallest absolute Gasteiger partial charge is 0.261 e. The van der Waals surface area contributed by atoms with Crippen molar-refractivity contribution in [3.05, 3.63) is 24.3 Å². The zero-order valence-corrected chi connectivity index (χ0v) is 10.3. The minimum atomic E-state index is -3.73. The third-order valence-corrected chi connectivity index (χ3v) is 3.53. The Morgan fingerprint density at radius 3 is 2.61 bits per heavy atom. The van der Waals surface area contributed by atoms with Gasteiger partial charge in [-0.1, -0.05) is 12.1 Å². The van der Waals surface area contributed by atoms with E-state index in [1.54, 1.807) is 6.07 Å². The van der Waals surface area contributed by atoms with Crippen LogP contribution in [0.1, 0.15) is 0 Å². The number of para-hydroxylation sites is 1. The van der Waals surface area contributed by atoms with Crippen molar-refractivity contribution < 1.29 is 21.9 Å². The molecule has 3 N–H and O–H groups in total. The van der Waals surface area contributed by atoms with Gasteiger partial charge in [-0.25, -0.2) is 21.9 Å². The first kappa shape index (κ1) is 14.8. The molecule has 0 aliphatic rings. The van der Waals surface area contributed by atoms with Crippen LogP contribution >= 0.6 is 0 Å². The van der Waals surface area contributed by atoms with Crippen molar-refractivity contribution >= 4 is 15.7 Å². The number of benzene rings is 1. The minimum absolute atomic E-state index is 0.0427. The number of ether oxygens (including phenoxy) is 1. The summed E-state index contributed by atoms with van der Waals surface area (Å²) in [4.78, 5) is -0.0427. The molecule has 0 saturated carbocycles. The Kier molecular flexibility index (Phi) is 5.45. The van der Waals surface area contributed by atoms with Crippen LogP contribution in [-0.4, -0.2) is 34.6 Å². The van der Waals surface area contributed by atoms with Crippen LogP contribution in [-0.2, 0) is 14.8 Å². The third-order valence-electron chi connectivity index (χ3n) is 1.99. The van der Waals surface area contributed by atoms with Crippen LogP contribution in [0.3, 0.4) is 0 Å². The Morgan fingerprint density at radius 1 is 1.33 bits per heavy atom. The van der Waals surface area contributed by atoms with E-state index >= 15 is 0 Å². The highest BCUT2D eigenvalue weighted by Gasteiger charge is 2.15. The molecule has 102 valence electrons. The molecule has 0 spiro atoms. The van der Waals surface area contributed by atoms with Crippen molar-refractivity contribution in [3.8, 4) is 0 Å². The maximum absolute atomic E-state index is 11.8. The predicted octanol–water partition coefficient (Wildman–Crippen LogP) is 0.829. The Morgan fingerprint density at radius 2 is 2.00 bits per heavy atom. The van der Waals surface area contributed by atoms with Crippen LogP contribution in [0.15, 0.2) is 29.2 Å². The third kappa shape index (κ3) is 4.55. The summed E-state index contributed by atoms with van der Waals surface area (Å²) in [6.45, 7) is -0.936. The van der Waals surface area contributed by atoms with Gasteiger partial charge in [0.05, 0.1) is 12.3 Å². The summed E-state index contributed by atoms with van der Waals surface area (Å²) < 4.78 is 53.7. The molecule has 0 aliphatic carbocycles. The van der Waals surface area contributed by atoms with Crippen molar-refractivity contribution in [1.82, 2.24) is 4.72 Å². The molecule has 0 amide bonds. The number of hydrogen-bond donors (Lipinski definition) is 2. The highest BCUT2D eigenvalue weighted by molar-refractivity contribution is 7.89. The van der Waals surface area contributed by atoms with E-state index in [0.29, 0.717) is 0 Å². The van der Waals surface area contributed by atoms with Gasteiger partial charge in [0.1, 0.15) is 11.5 Å². The first-order valence-electron chi connectivity index (χ1n) is 5.13. The van der Waals surface area contributed by atoms with Crippen LogP contribution in [0.4, 0.5) is 14.5 Å². The van der Waals surface area contributed by atoms with Crippen molar-refractivity contribution in [2.24, 2.45) is 0 Å². The lowest BCUT2D eigenvalue weighted by atomic mass is 10.3. The number of rotatable bonds is 7. The van der Waals surface area contributed by atoms with Crippen LogP contribution < -0.4 is 10.5 Å². The zero-order chi connectivity index (χ0) is 13.6. The lowest BCUT2D eigenvalue weighted by Crippen LogP contribution is -2.28. The summed E-state index contributed by atoms with van der Waals surface area (Å²) in [5, 5.41) is 0. The molecule has 8 heteroatoms. The first-order chi connectivity index (χ1) is 8.43. The maximum Gasteiger partial charge on any atom is 0.261 e. The second-order valence-electron chi connectivity index (χ2n) is 3.40. The molecule has 0 saturated heterocycles. The molecule has 0 radical (unpaired) electrons. The van der Waals surface area contributed by atoms with E-state index in [0.717, 1.165) is 0 Å². The number of nitrogen functional groups attached to an aromatic ring is 1. The molecule has 1 aromatic rings. The molecule has 18 heavy (non-hydrogen) atoms. The van der Waals surface area contributed by atoms with Crippen molar-refractivity contribution in [1.29, 1.82) is 0 Å². The molecule has 0 atom stereocenters. The molecule has 1 aromatic carbocycles. The molecule has 0 bridgehead atoms. The standard InChI is InChI=1S/C10H14F2N2O3S/c11-10(12)7-17-6-5-14-18(15,16)9-4-2-1-3-8(9)13/h1-4,10,14H,5-7,13H2. The number of hydrogen-bond acceptors (Lipinski definition) is 4. The monoisotopic (exact) mass is 280 g/mol. The second-order valence-corrected chi connectivity index (χ2v) is 5.14. The molecular weight excluding hydrogens is 266 g/mol. The minimum Gasteiger partial charge on any atom is -0.398 e. The van der Waals surface area contributed by atoms with Gasteiger partial charge in [-0.2, -0.15) is 0 Å². The largest absolute Gasteiger partial charge is 0.398 e. The SMILES string of the molecule is Nc1ccccc1S(=O)(=O)NCCOCC(F)F. The van der Waals surface area contributed by atoms with E-state index in [9.17, 15) is 17.2 Å². The van der Waals surface area contributed by atoms with Gasteiger partial charge in [0.15, 0.2) is 0 Å². The van der Waals surface area contributed by atoms with Crippen molar-refractivity contribution in [3.63, 3.8) is 0 Å². The lowest BCUT2D eigenvalue weighted by molar-refractivity contribution is 0.0199. The van der Waals surface area contributed by atoms with E-state index in [2.05, 4.69) is 9.46 Å². The number of alkyl halides is 2. The van der Waals surface area contributed by atoms with Gasteiger partial charge in [0, 0.05) is 6.54 Å². The summed E-state index contributed by atoms with van der Waals surface area (Å²) in [7, 11) is -3.73. The molecule has 0 unspecified atom stereocenters. The second kappa shape index (κ2) is 6.62. The Bertz CT molecular complexity index is 480. The highest BCUT2D eigenvalue weighted by atomic mass is 32.2. The summed E-state index contributed by atoms with van der Waals surface area (Å²) in [5.74, 6) is 0. The number of anilines is 1. The lowest BCUT2D eigenvalue weighted by Gasteiger charge is -2.09. The number of halogens is 2. The van der Waals surface area contributed by atoms with Gasteiger partial charge in [-0.05, 0) is 12.1 Å². The van der Waals surface area contributed by atoms with E-state index in [1.807, 2.05) is 0 Å². The van der Waals surface area contributed by atoms with E-state index < -0.39 is 23.1 Å². The van der Waals surface area contributed by atoms with E-state index in [-0.39, 0.29) is 23.7 Å². The average Bonchev–Trinajstić information content (AvgIpc) is 2.28. The average molecular weight is 280 g/mol. The van der Waals surface area contributed by atoms with E-state index in [1.165, 1.54) is 18.2 Å². The quantitative estimate of drug-likeness (QED) is 0.572. The van der Waals surface area contributed by atoms with E-state index in [4.69, 9.17) is 5.73 Å². The molecule has 0 heterocycles. The van der Waals surface area contributed by atoms with Gasteiger partial charge in [0.25, 0.3) is 6.43 Å². The predicted molar refractivity (Wildman–Crippen MR) is 62.9 cm³/mol. The Balaban J connectivity index is 2.49. The molecule has 0 aromatic heterocycles. The Hall–Kier alpha value is -1.25. The maximum atomic E-state index is 11.8. The van der Waals surface area contributed by atoms with Crippen LogP contribution in [0.2, 0.25) is 0 Å². The molecule has 0 aliphatic heterocycles. The normalized spacial score (nSPS) is 11.9. The summed E-state index contributed by atoms with van der Waals surface area (Å²) in [6, 6.07) is 5.97. The zero-order valence-electron chi connectivity index (χ0n) is 9.47. The molecule has 0 fully saturated rings. The fourth-order valence-corrected chi connectivity index (χ4v) is 2.37. The fraction of sp³-hybridized carbons (Fsp3) is 0.400. The first-order valence-corrected chi connectivity index (χ1v) is 6.62. The molecular formula is C10H14F2N2O3S. The molecule has 1 rings (SSSR count). The van der Waals surface area contributed by atoms with Gasteiger partial charge in [-0.15, -0.1) is 0 Å².